The van der Waals surface area contributed by atoms with Gasteiger partial charge in [0.15, 0.2) is 0 Å². The van der Waals surface area contributed by atoms with E-state index in [2.05, 4.69) is 27.5 Å². The number of carbonyl (C=O) groups is 1. The van der Waals surface area contributed by atoms with Crippen molar-refractivity contribution in [2.24, 2.45) is 0 Å². The third-order valence-electron chi connectivity index (χ3n) is 4.68. The Balaban J connectivity index is 1.48. The number of halogens is 3. The minimum Gasteiger partial charge on any atom is -0.376 e. The van der Waals surface area contributed by atoms with Crippen molar-refractivity contribution in [2.45, 2.75) is 6.18 Å². The first kappa shape index (κ1) is 20.0. The third kappa shape index (κ3) is 5.39. The number of nitrogens with zero attached hydrogens (tertiary/aromatic N) is 2. The number of piperazine rings is 1. The van der Waals surface area contributed by atoms with Gasteiger partial charge in [-0.3, -0.25) is 4.79 Å². The fraction of sp³-hybridized carbons (Fsp3) is 0.350. The van der Waals surface area contributed by atoms with E-state index in [1.54, 1.807) is 0 Å². The highest BCUT2D eigenvalue weighted by atomic mass is 19.4. The van der Waals surface area contributed by atoms with Crippen LogP contribution in [0, 0.1) is 0 Å². The first-order valence-corrected chi connectivity index (χ1v) is 9.06. The highest BCUT2D eigenvalue weighted by Gasteiger charge is 2.29. The molecular weight excluding hydrogens is 369 g/mol. The van der Waals surface area contributed by atoms with Gasteiger partial charge in [-0.2, -0.15) is 13.2 Å². The predicted molar refractivity (Wildman–Crippen MR) is 105 cm³/mol. The Hall–Kier alpha value is -2.74. The van der Waals surface area contributed by atoms with Crippen molar-refractivity contribution in [2.75, 3.05) is 55.3 Å². The number of benzene rings is 2. The van der Waals surface area contributed by atoms with Gasteiger partial charge in [-0.1, -0.05) is 0 Å². The molecule has 5 nitrogen and oxygen atoms in total. The topological polar surface area (TPSA) is 47.6 Å². The van der Waals surface area contributed by atoms with Crippen molar-refractivity contribution < 1.29 is 18.0 Å². The highest BCUT2D eigenvalue weighted by Crippen LogP contribution is 2.29. The summed E-state index contributed by atoms with van der Waals surface area (Å²) in [7, 11) is 2.11. The Kier molecular flexibility index (Phi) is 6.08. The van der Waals surface area contributed by atoms with Crippen molar-refractivity contribution in [3.05, 3.63) is 54.1 Å². The van der Waals surface area contributed by atoms with E-state index in [1.807, 2.05) is 24.3 Å². The molecule has 1 amide bonds. The Morgan fingerprint density at radius 2 is 1.50 bits per heavy atom. The molecule has 8 heteroatoms. The number of likely N-dealkylation sites (N-methyl/N-ethyl adjacent to an activating group) is 1. The van der Waals surface area contributed by atoms with Gasteiger partial charge in [0.1, 0.15) is 0 Å². The lowest BCUT2D eigenvalue weighted by Gasteiger charge is -2.34. The molecule has 0 saturated carbocycles. The van der Waals surface area contributed by atoms with E-state index in [-0.39, 0.29) is 12.5 Å². The van der Waals surface area contributed by atoms with Gasteiger partial charge < -0.3 is 20.4 Å². The molecule has 150 valence electrons. The number of hydrogen-bond acceptors (Lipinski definition) is 4. The van der Waals surface area contributed by atoms with Crippen LogP contribution in [-0.4, -0.2) is 50.6 Å². The van der Waals surface area contributed by atoms with Gasteiger partial charge in [-0.25, -0.2) is 0 Å². The van der Waals surface area contributed by atoms with Crippen molar-refractivity contribution in [3.8, 4) is 0 Å². The van der Waals surface area contributed by atoms with Crippen molar-refractivity contribution >= 4 is 23.0 Å². The number of alkyl halides is 3. The zero-order valence-corrected chi connectivity index (χ0v) is 15.6. The standard InChI is InChI=1S/C20H23F3N4O/c1-26-10-12-27(13-11-26)18-8-6-17(7-9-18)25-19(28)14-24-16-4-2-15(3-5-16)20(21,22)23/h2-9,24H,10-14H2,1H3,(H,25,28). The number of hydrogen-bond donors (Lipinski definition) is 2. The number of carbonyl (C=O) groups excluding carboxylic acids is 1. The minimum atomic E-state index is -4.37. The molecule has 0 bridgehead atoms. The average molecular weight is 392 g/mol. The van der Waals surface area contributed by atoms with Gasteiger partial charge in [0, 0.05) is 43.2 Å². The van der Waals surface area contributed by atoms with E-state index in [4.69, 9.17) is 0 Å². The molecule has 1 fully saturated rings. The van der Waals surface area contributed by atoms with E-state index < -0.39 is 11.7 Å². The van der Waals surface area contributed by atoms with Gasteiger partial charge in [0.25, 0.3) is 0 Å². The molecule has 0 atom stereocenters. The molecule has 0 spiro atoms. The van der Waals surface area contributed by atoms with E-state index in [9.17, 15) is 18.0 Å². The molecule has 1 heterocycles. The molecule has 0 radical (unpaired) electrons. The van der Waals surface area contributed by atoms with Crippen molar-refractivity contribution in [1.82, 2.24) is 4.90 Å². The van der Waals surface area contributed by atoms with Crippen LogP contribution in [-0.2, 0) is 11.0 Å². The Morgan fingerprint density at radius 1 is 0.929 bits per heavy atom. The maximum Gasteiger partial charge on any atom is 0.416 e. The van der Waals surface area contributed by atoms with Gasteiger partial charge >= 0.3 is 6.18 Å². The van der Waals surface area contributed by atoms with Crippen LogP contribution in [0.1, 0.15) is 5.56 Å². The fourth-order valence-corrected chi connectivity index (χ4v) is 2.98. The van der Waals surface area contributed by atoms with Crippen LogP contribution in [0.5, 0.6) is 0 Å². The van der Waals surface area contributed by atoms with Crippen LogP contribution in [0.15, 0.2) is 48.5 Å². The van der Waals surface area contributed by atoms with Crippen LogP contribution in [0.3, 0.4) is 0 Å². The van der Waals surface area contributed by atoms with Crippen LogP contribution < -0.4 is 15.5 Å². The molecule has 3 rings (SSSR count). The van der Waals surface area contributed by atoms with Gasteiger partial charge in [0.05, 0.1) is 12.1 Å². The summed E-state index contributed by atoms with van der Waals surface area (Å²) in [6, 6.07) is 12.2. The Bertz CT molecular complexity index is 783. The van der Waals surface area contributed by atoms with Gasteiger partial charge in [0.2, 0.25) is 5.91 Å². The molecule has 0 unspecified atom stereocenters. The zero-order chi connectivity index (χ0) is 20.1. The van der Waals surface area contributed by atoms with Crippen LogP contribution in [0.4, 0.5) is 30.2 Å². The summed E-state index contributed by atoms with van der Waals surface area (Å²) in [4.78, 5) is 16.7. The van der Waals surface area contributed by atoms with E-state index >= 15 is 0 Å². The van der Waals surface area contributed by atoms with Crippen LogP contribution >= 0.6 is 0 Å². The summed E-state index contributed by atoms with van der Waals surface area (Å²) in [6.45, 7) is 3.95. The average Bonchev–Trinajstić information content (AvgIpc) is 2.67. The Morgan fingerprint density at radius 3 is 2.07 bits per heavy atom. The monoisotopic (exact) mass is 392 g/mol. The molecule has 28 heavy (non-hydrogen) atoms. The summed E-state index contributed by atoms with van der Waals surface area (Å²) < 4.78 is 37.7. The molecule has 1 saturated heterocycles. The summed E-state index contributed by atoms with van der Waals surface area (Å²) >= 11 is 0. The molecule has 2 N–H and O–H groups in total. The first-order chi connectivity index (χ1) is 13.3. The zero-order valence-electron chi connectivity index (χ0n) is 15.6. The number of anilines is 3. The summed E-state index contributed by atoms with van der Waals surface area (Å²) in [5.74, 6) is -0.271. The molecular formula is C20H23F3N4O. The van der Waals surface area contributed by atoms with Crippen molar-refractivity contribution in [3.63, 3.8) is 0 Å². The Labute approximate surface area is 162 Å². The molecule has 0 aliphatic carbocycles. The van der Waals surface area contributed by atoms with E-state index in [1.165, 1.54) is 12.1 Å². The lowest BCUT2D eigenvalue weighted by molar-refractivity contribution is -0.137. The van der Waals surface area contributed by atoms with Crippen LogP contribution in [0.25, 0.3) is 0 Å². The largest absolute Gasteiger partial charge is 0.416 e. The predicted octanol–water partition coefficient (Wildman–Crippen LogP) is 3.51. The van der Waals surface area contributed by atoms with Crippen LogP contribution in [0.2, 0.25) is 0 Å². The maximum atomic E-state index is 12.6. The van der Waals surface area contributed by atoms with E-state index in [0.717, 1.165) is 44.0 Å². The second kappa shape index (κ2) is 8.52. The SMILES string of the molecule is CN1CCN(c2ccc(NC(=O)CNc3ccc(C(F)(F)F)cc3)cc2)CC1. The van der Waals surface area contributed by atoms with Gasteiger partial charge in [-0.15, -0.1) is 0 Å². The molecule has 2 aromatic carbocycles. The van der Waals surface area contributed by atoms with Crippen molar-refractivity contribution in [1.29, 1.82) is 0 Å². The molecule has 1 aliphatic rings. The number of amides is 1. The quantitative estimate of drug-likeness (QED) is 0.818. The summed E-state index contributed by atoms with van der Waals surface area (Å²) in [5, 5.41) is 5.60. The van der Waals surface area contributed by atoms with Gasteiger partial charge in [-0.05, 0) is 55.6 Å². The molecule has 1 aliphatic heterocycles. The smallest absolute Gasteiger partial charge is 0.376 e. The third-order valence-corrected chi connectivity index (χ3v) is 4.68. The molecule has 2 aromatic rings. The summed E-state index contributed by atoms with van der Waals surface area (Å²) in [5.41, 5.74) is 1.53. The molecule has 0 aromatic heterocycles. The maximum absolute atomic E-state index is 12.6. The first-order valence-electron chi connectivity index (χ1n) is 9.06. The number of rotatable bonds is 5. The second-order valence-electron chi connectivity index (χ2n) is 6.81. The summed E-state index contributed by atoms with van der Waals surface area (Å²) in [6.07, 6.45) is -4.37. The normalized spacial score (nSPS) is 15.4. The fourth-order valence-electron chi connectivity index (χ4n) is 2.98. The van der Waals surface area contributed by atoms with E-state index in [0.29, 0.717) is 11.4 Å². The second-order valence-corrected chi connectivity index (χ2v) is 6.81. The lowest BCUT2D eigenvalue weighted by Crippen LogP contribution is -2.44. The highest BCUT2D eigenvalue weighted by molar-refractivity contribution is 5.93. The minimum absolute atomic E-state index is 0.0361. The number of nitrogens with one attached hydrogen (secondary N) is 2. The lowest BCUT2D eigenvalue weighted by atomic mass is 10.2.